The van der Waals surface area contributed by atoms with Crippen LogP contribution in [0.1, 0.15) is 11.7 Å². The predicted octanol–water partition coefficient (Wildman–Crippen LogP) is -0.677. The molecular formula is C8H14N4O2. The van der Waals surface area contributed by atoms with Gasteiger partial charge in [0, 0.05) is 13.7 Å². The molecule has 0 aliphatic carbocycles. The van der Waals surface area contributed by atoms with Crippen LogP contribution in [0.5, 0.6) is 0 Å². The lowest BCUT2D eigenvalue weighted by Crippen LogP contribution is -2.24. The minimum absolute atomic E-state index is 0.0577. The van der Waals surface area contributed by atoms with E-state index in [1.807, 2.05) is 6.20 Å². The molecule has 6 heteroatoms. The van der Waals surface area contributed by atoms with Crippen LogP contribution >= 0.6 is 0 Å². The summed E-state index contributed by atoms with van der Waals surface area (Å²) < 4.78 is 12.4. The zero-order valence-corrected chi connectivity index (χ0v) is 8.09. The Balaban J connectivity index is 2.13. The maximum absolute atomic E-state index is 5.45. The topological polar surface area (TPSA) is 75.2 Å². The highest BCUT2D eigenvalue weighted by Crippen LogP contribution is 2.20. The van der Waals surface area contributed by atoms with Gasteiger partial charge in [0.25, 0.3) is 0 Å². The highest BCUT2D eigenvalue weighted by molar-refractivity contribution is 4.94. The second kappa shape index (κ2) is 4.04. The molecule has 1 saturated heterocycles. The van der Waals surface area contributed by atoms with Gasteiger partial charge in [0.15, 0.2) is 0 Å². The molecule has 2 atom stereocenters. The molecule has 0 saturated carbocycles. The number of nitrogens with zero attached hydrogens (tertiary/aromatic N) is 3. The summed E-state index contributed by atoms with van der Waals surface area (Å²) in [5.41, 5.74) is 6.23. The largest absolute Gasteiger partial charge is 0.377 e. The average molecular weight is 198 g/mol. The van der Waals surface area contributed by atoms with Crippen LogP contribution in [0.2, 0.25) is 0 Å². The zero-order valence-electron chi connectivity index (χ0n) is 8.09. The Bertz CT molecular complexity index is 301. The van der Waals surface area contributed by atoms with Gasteiger partial charge in [-0.25, -0.2) is 4.68 Å². The second-order valence-corrected chi connectivity index (χ2v) is 3.27. The average Bonchev–Trinajstić information content (AvgIpc) is 2.85. The Labute approximate surface area is 82.0 Å². The first-order chi connectivity index (χ1) is 6.85. The molecule has 1 aromatic rings. The number of methoxy groups -OCH3 is 1. The monoisotopic (exact) mass is 198 g/mol. The Kier molecular flexibility index (Phi) is 2.76. The molecule has 1 aliphatic rings. The van der Waals surface area contributed by atoms with Gasteiger partial charge in [-0.15, -0.1) is 5.10 Å². The lowest BCUT2D eigenvalue weighted by molar-refractivity contribution is 0.0661. The smallest absolute Gasteiger partial charge is 0.105 e. The molecule has 6 nitrogen and oxygen atoms in total. The van der Waals surface area contributed by atoms with E-state index in [9.17, 15) is 0 Å². The van der Waals surface area contributed by atoms with Crippen molar-refractivity contribution in [3.8, 4) is 0 Å². The highest BCUT2D eigenvalue weighted by atomic mass is 16.5. The van der Waals surface area contributed by atoms with E-state index in [0.29, 0.717) is 19.8 Å². The first-order valence-corrected chi connectivity index (χ1v) is 4.56. The molecule has 1 fully saturated rings. The van der Waals surface area contributed by atoms with Crippen molar-refractivity contribution in [3.63, 3.8) is 0 Å². The maximum atomic E-state index is 5.45. The molecule has 78 valence electrons. The number of hydrogen-bond donors (Lipinski definition) is 1. The molecule has 0 amide bonds. The van der Waals surface area contributed by atoms with E-state index in [1.165, 1.54) is 0 Å². The summed E-state index contributed by atoms with van der Waals surface area (Å²) in [5.74, 6) is 0. The van der Waals surface area contributed by atoms with Crippen molar-refractivity contribution in [1.29, 1.82) is 0 Å². The summed E-state index contributed by atoms with van der Waals surface area (Å²) in [6, 6.07) is 0.118. The second-order valence-electron chi connectivity index (χ2n) is 3.27. The Morgan fingerprint density at radius 3 is 3.21 bits per heavy atom. The summed E-state index contributed by atoms with van der Waals surface area (Å²) in [6.07, 6.45) is 1.90. The standard InChI is InChI=1S/C8H14N4O2/c1-13-8-5-14-4-7(8)12-3-6(2-9)10-11-12/h3,7-8H,2,4-5,9H2,1H3/t7-,8+/m0/s1. The molecule has 1 aliphatic heterocycles. The van der Waals surface area contributed by atoms with Gasteiger partial charge in [0.1, 0.15) is 12.1 Å². The van der Waals surface area contributed by atoms with E-state index >= 15 is 0 Å². The number of rotatable bonds is 3. The van der Waals surface area contributed by atoms with Crippen LogP contribution in [0, 0.1) is 0 Å². The van der Waals surface area contributed by atoms with Crippen molar-refractivity contribution in [1.82, 2.24) is 15.0 Å². The molecule has 0 aromatic carbocycles. The fourth-order valence-corrected chi connectivity index (χ4v) is 1.56. The molecule has 1 aromatic heterocycles. The minimum atomic E-state index is 0.0577. The van der Waals surface area contributed by atoms with Crippen LogP contribution in [0.4, 0.5) is 0 Å². The van der Waals surface area contributed by atoms with Gasteiger partial charge in [-0.05, 0) is 0 Å². The molecular weight excluding hydrogens is 184 g/mol. The molecule has 2 N–H and O–H groups in total. The van der Waals surface area contributed by atoms with Crippen LogP contribution in [-0.4, -0.2) is 41.4 Å². The van der Waals surface area contributed by atoms with Crippen molar-refractivity contribution in [2.24, 2.45) is 5.73 Å². The fourth-order valence-electron chi connectivity index (χ4n) is 1.56. The van der Waals surface area contributed by atoms with Gasteiger partial charge >= 0.3 is 0 Å². The normalized spacial score (nSPS) is 27.0. The van der Waals surface area contributed by atoms with Gasteiger partial charge in [-0.3, -0.25) is 0 Å². The van der Waals surface area contributed by atoms with E-state index < -0.39 is 0 Å². The molecule has 0 radical (unpaired) electrons. The minimum Gasteiger partial charge on any atom is -0.377 e. The summed E-state index contributed by atoms with van der Waals surface area (Å²) >= 11 is 0. The third-order valence-electron chi connectivity index (χ3n) is 2.41. The van der Waals surface area contributed by atoms with Crippen LogP contribution in [0.15, 0.2) is 6.20 Å². The van der Waals surface area contributed by atoms with Crippen molar-refractivity contribution in [3.05, 3.63) is 11.9 Å². The zero-order chi connectivity index (χ0) is 9.97. The summed E-state index contributed by atoms with van der Waals surface area (Å²) in [4.78, 5) is 0. The van der Waals surface area contributed by atoms with Crippen LogP contribution in [0.3, 0.4) is 0 Å². The van der Waals surface area contributed by atoms with E-state index in [2.05, 4.69) is 10.3 Å². The number of nitrogens with two attached hydrogens (primary N) is 1. The lowest BCUT2D eigenvalue weighted by Gasteiger charge is -2.15. The van der Waals surface area contributed by atoms with Crippen molar-refractivity contribution >= 4 is 0 Å². The third kappa shape index (κ3) is 1.63. The molecule has 0 spiro atoms. The van der Waals surface area contributed by atoms with E-state index in [1.54, 1.807) is 11.8 Å². The van der Waals surface area contributed by atoms with Crippen molar-refractivity contribution in [2.45, 2.75) is 18.7 Å². The van der Waals surface area contributed by atoms with E-state index in [4.69, 9.17) is 15.2 Å². The highest BCUT2D eigenvalue weighted by Gasteiger charge is 2.30. The van der Waals surface area contributed by atoms with E-state index in [0.717, 1.165) is 5.69 Å². The van der Waals surface area contributed by atoms with Crippen LogP contribution < -0.4 is 5.73 Å². The van der Waals surface area contributed by atoms with Crippen LogP contribution in [0.25, 0.3) is 0 Å². The summed E-state index contributed by atoms with van der Waals surface area (Å²) in [5, 5.41) is 7.92. The number of aromatic nitrogens is 3. The Morgan fingerprint density at radius 2 is 2.57 bits per heavy atom. The van der Waals surface area contributed by atoms with Gasteiger partial charge in [-0.2, -0.15) is 0 Å². The van der Waals surface area contributed by atoms with Gasteiger partial charge in [0.05, 0.1) is 25.1 Å². The predicted molar refractivity (Wildman–Crippen MR) is 48.6 cm³/mol. The SMILES string of the molecule is CO[C@@H]1COC[C@@H]1n1cc(CN)nn1. The van der Waals surface area contributed by atoms with Gasteiger partial charge in [0.2, 0.25) is 0 Å². The Morgan fingerprint density at radius 1 is 1.71 bits per heavy atom. The van der Waals surface area contributed by atoms with Crippen molar-refractivity contribution in [2.75, 3.05) is 20.3 Å². The first kappa shape index (κ1) is 9.57. The molecule has 0 unspecified atom stereocenters. The first-order valence-electron chi connectivity index (χ1n) is 4.56. The molecule has 0 bridgehead atoms. The van der Waals surface area contributed by atoms with Crippen molar-refractivity contribution < 1.29 is 9.47 Å². The number of hydrogen-bond acceptors (Lipinski definition) is 5. The lowest BCUT2D eigenvalue weighted by atomic mass is 10.2. The fraction of sp³-hybridized carbons (Fsp3) is 0.750. The van der Waals surface area contributed by atoms with Gasteiger partial charge in [-0.1, -0.05) is 5.21 Å². The summed E-state index contributed by atoms with van der Waals surface area (Å²) in [7, 11) is 1.67. The molecule has 2 heterocycles. The maximum Gasteiger partial charge on any atom is 0.105 e. The van der Waals surface area contributed by atoms with E-state index in [-0.39, 0.29) is 12.1 Å². The Hall–Kier alpha value is -0.980. The summed E-state index contributed by atoms with van der Waals surface area (Å²) in [6.45, 7) is 1.64. The third-order valence-corrected chi connectivity index (χ3v) is 2.41. The quantitative estimate of drug-likeness (QED) is 0.696. The molecule has 2 rings (SSSR count). The number of ether oxygens (including phenoxy) is 2. The van der Waals surface area contributed by atoms with Crippen LogP contribution in [-0.2, 0) is 16.0 Å². The molecule has 14 heavy (non-hydrogen) atoms. The van der Waals surface area contributed by atoms with Gasteiger partial charge < -0.3 is 15.2 Å².